The normalized spacial score (nSPS) is 13.8. The Morgan fingerprint density at radius 3 is 2.52 bits per heavy atom. The number of benzene rings is 1. The van der Waals surface area contributed by atoms with Gasteiger partial charge in [-0.1, -0.05) is 18.2 Å². The van der Waals surface area contributed by atoms with E-state index in [1.54, 1.807) is 12.1 Å². The lowest BCUT2D eigenvalue weighted by atomic mass is 10.2. The van der Waals surface area contributed by atoms with E-state index in [9.17, 15) is 19.2 Å². The van der Waals surface area contributed by atoms with E-state index in [-0.39, 0.29) is 17.8 Å². The van der Waals surface area contributed by atoms with E-state index < -0.39 is 30.3 Å². The molecule has 1 aromatic carbocycles. The van der Waals surface area contributed by atoms with E-state index in [1.165, 1.54) is 23.5 Å². The average Bonchev–Trinajstić information content (AvgIpc) is 3.25. The first kappa shape index (κ1) is 18.3. The van der Waals surface area contributed by atoms with Crippen molar-refractivity contribution >= 4 is 40.8 Å². The Kier molecular flexibility index (Phi) is 5.28. The van der Waals surface area contributed by atoms with Crippen LogP contribution < -0.4 is 5.32 Å². The smallest absolute Gasteiger partial charge is 0.323 e. The molecule has 0 spiro atoms. The molecule has 1 saturated heterocycles. The standard InChI is InChI=1S/C18H14N4O4S/c19-10-12-4-1-2-6-14(12)20-15(23)11-22-17(25)16(24)21(18(22)26)8-7-13-5-3-9-27-13/h1-6,9H,7-8,11H2,(H,20,23). The second kappa shape index (κ2) is 7.80. The fourth-order valence-corrected chi connectivity index (χ4v) is 3.28. The molecule has 0 radical (unpaired) electrons. The van der Waals surface area contributed by atoms with E-state index in [0.29, 0.717) is 11.3 Å². The van der Waals surface area contributed by atoms with Crippen LogP contribution in [0.25, 0.3) is 0 Å². The maximum atomic E-state index is 12.4. The van der Waals surface area contributed by atoms with Crippen molar-refractivity contribution < 1.29 is 19.2 Å². The maximum absolute atomic E-state index is 12.4. The van der Waals surface area contributed by atoms with Crippen LogP contribution in [0.2, 0.25) is 0 Å². The summed E-state index contributed by atoms with van der Waals surface area (Å²) in [6.45, 7) is -0.530. The molecule has 2 aromatic rings. The molecule has 2 heterocycles. The van der Waals surface area contributed by atoms with Crippen LogP contribution in [0.5, 0.6) is 0 Å². The number of hydrogen-bond acceptors (Lipinski definition) is 6. The molecular formula is C18H14N4O4S. The Balaban J connectivity index is 1.65. The average molecular weight is 382 g/mol. The van der Waals surface area contributed by atoms with Gasteiger partial charge < -0.3 is 5.32 Å². The molecule has 0 atom stereocenters. The zero-order valence-corrected chi connectivity index (χ0v) is 14.9. The Bertz CT molecular complexity index is 949. The van der Waals surface area contributed by atoms with Crippen LogP contribution in [0.15, 0.2) is 41.8 Å². The zero-order chi connectivity index (χ0) is 19.4. The van der Waals surface area contributed by atoms with Crippen molar-refractivity contribution in [1.29, 1.82) is 5.26 Å². The largest absolute Gasteiger partial charge is 0.334 e. The summed E-state index contributed by atoms with van der Waals surface area (Å²) in [5.74, 6) is -2.65. The van der Waals surface area contributed by atoms with Crippen molar-refractivity contribution in [1.82, 2.24) is 9.80 Å². The van der Waals surface area contributed by atoms with Crippen molar-refractivity contribution in [3.8, 4) is 6.07 Å². The number of nitrogens with one attached hydrogen (secondary N) is 1. The molecule has 0 aliphatic carbocycles. The highest BCUT2D eigenvalue weighted by Gasteiger charge is 2.44. The third-order valence-corrected chi connectivity index (χ3v) is 4.86. The van der Waals surface area contributed by atoms with Gasteiger partial charge >= 0.3 is 17.8 Å². The van der Waals surface area contributed by atoms with Gasteiger partial charge in [-0.05, 0) is 23.6 Å². The number of nitrogens with zero attached hydrogens (tertiary/aromatic N) is 3. The van der Waals surface area contributed by atoms with Crippen LogP contribution in [-0.4, -0.2) is 46.6 Å². The SMILES string of the molecule is N#Cc1ccccc1NC(=O)CN1C(=O)C(=O)N(CCc2cccs2)C1=O. The summed E-state index contributed by atoms with van der Waals surface area (Å²) >= 11 is 1.49. The van der Waals surface area contributed by atoms with Gasteiger partial charge in [0.15, 0.2) is 0 Å². The summed E-state index contributed by atoms with van der Waals surface area (Å²) in [5, 5.41) is 13.4. The van der Waals surface area contributed by atoms with Gasteiger partial charge in [0, 0.05) is 17.8 Å². The minimum absolute atomic E-state index is 0.0688. The molecule has 1 N–H and O–H groups in total. The second-order valence-corrected chi connectivity index (χ2v) is 6.70. The van der Waals surface area contributed by atoms with E-state index in [1.807, 2.05) is 23.6 Å². The molecule has 0 unspecified atom stereocenters. The predicted octanol–water partition coefficient (Wildman–Crippen LogP) is 1.59. The van der Waals surface area contributed by atoms with Gasteiger partial charge in [-0.15, -0.1) is 11.3 Å². The van der Waals surface area contributed by atoms with Gasteiger partial charge in [-0.25, -0.2) is 9.69 Å². The first-order valence-corrected chi connectivity index (χ1v) is 8.88. The first-order chi connectivity index (χ1) is 13.0. The minimum atomic E-state index is -1.03. The summed E-state index contributed by atoms with van der Waals surface area (Å²) in [4.78, 5) is 51.2. The first-order valence-electron chi connectivity index (χ1n) is 8.00. The summed E-state index contributed by atoms with van der Waals surface area (Å²) in [5.41, 5.74) is 0.517. The molecule has 1 fully saturated rings. The van der Waals surface area contributed by atoms with Crippen molar-refractivity contribution in [2.75, 3.05) is 18.4 Å². The molecule has 1 aromatic heterocycles. The van der Waals surface area contributed by atoms with Gasteiger partial charge in [0.1, 0.15) is 12.6 Å². The van der Waals surface area contributed by atoms with Crippen molar-refractivity contribution in [3.05, 3.63) is 52.2 Å². The molecule has 1 aliphatic rings. The van der Waals surface area contributed by atoms with Crippen LogP contribution in [0, 0.1) is 11.3 Å². The Labute approximate surface area is 158 Å². The maximum Gasteiger partial charge on any atom is 0.334 e. The second-order valence-electron chi connectivity index (χ2n) is 5.67. The van der Waals surface area contributed by atoms with E-state index in [0.717, 1.165) is 9.78 Å². The number of carbonyl (C=O) groups excluding carboxylic acids is 4. The Hall–Kier alpha value is -3.51. The van der Waals surface area contributed by atoms with Crippen molar-refractivity contribution in [2.24, 2.45) is 0 Å². The number of anilines is 1. The summed E-state index contributed by atoms with van der Waals surface area (Å²) in [6.07, 6.45) is 0.442. The van der Waals surface area contributed by atoms with Crippen LogP contribution >= 0.6 is 11.3 Å². The third kappa shape index (κ3) is 3.86. The highest BCUT2D eigenvalue weighted by Crippen LogP contribution is 2.17. The number of rotatable bonds is 6. The molecule has 3 rings (SSSR count). The van der Waals surface area contributed by atoms with Gasteiger partial charge in [0.25, 0.3) is 0 Å². The topological polar surface area (TPSA) is 111 Å². The van der Waals surface area contributed by atoms with E-state index in [2.05, 4.69) is 5.32 Å². The number of thiophene rings is 1. The van der Waals surface area contributed by atoms with Crippen molar-refractivity contribution in [3.63, 3.8) is 0 Å². The quantitative estimate of drug-likeness (QED) is 0.602. The summed E-state index contributed by atoms with van der Waals surface area (Å²) < 4.78 is 0. The number of hydrogen-bond donors (Lipinski definition) is 1. The molecule has 9 heteroatoms. The van der Waals surface area contributed by atoms with Crippen LogP contribution in [-0.2, 0) is 20.8 Å². The van der Waals surface area contributed by atoms with Crippen LogP contribution in [0.4, 0.5) is 10.5 Å². The van der Waals surface area contributed by atoms with E-state index >= 15 is 0 Å². The fraction of sp³-hybridized carbons (Fsp3) is 0.167. The molecule has 0 saturated carbocycles. The number of carbonyl (C=O) groups is 4. The fourth-order valence-electron chi connectivity index (χ4n) is 2.59. The molecule has 136 valence electrons. The number of nitriles is 1. The molecule has 1 aliphatic heterocycles. The lowest BCUT2D eigenvalue weighted by Crippen LogP contribution is -2.39. The van der Waals surface area contributed by atoms with E-state index in [4.69, 9.17) is 5.26 Å². The van der Waals surface area contributed by atoms with Gasteiger partial charge in [-0.3, -0.25) is 19.3 Å². The van der Waals surface area contributed by atoms with Gasteiger partial charge in [0.05, 0.1) is 11.3 Å². The predicted molar refractivity (Wildman–Crippen MR) is 96.6 cm³/mol. The number of amides is 5. The summed E-state index contributed by atoms with van der Waals surface area (Å²) in [6, 6.07) is 11.2. The zero-order valence-electron chi connectivity index (χ0n) is 14.0. The molecular weight excluding hydrogens is 368 g/mol. The molecule has 27 heavy (non-hydrogen) atoms. The molecule has 8 nitrogen and oxygen atoms in total. The minimum Gasteiger partial charge on any atom is -0.323 e. The number of para-hydroxylation sites is 1. The van der Waals surface area contributed by atoms with Crippen molar-refractivity contribution in [2.45, 2.75) is 6.42 Å². The summed E-state index contributed by atoms with van der Waals surface area (Å²) in [7, 11) is 0. The lowest BCUT2D eigenvalue weighted by Gasteiger charge is -2.15. The molecule has 0 bridgehead atoms. The monoisotopic (exact) mass is 382 g/mol. The number of urea groups is 1. The highest BCUT2D eigenvalue weighted by atomic mass is 32.1. The lowest BCUT2D eigenvalue weighted by molar-refractivity contribution is -0.143. The van der Waals surface area contributed by atoms with Crippen LogP contribution in [0.3, 0.4) is 0 Å². The Morgan fingerprint density at radius 1 is 1.07 bits per heavy atom. The van der Waals surface area contributed by atoms with Gasteiger partial charge in [-0.2, -0.15) is 5.26 Å². The third-order valence-electron chi connectivity index (χ3n) is 3.92. The highest BCUT2D eigenvalue weighted by molar-refractivity contribution is 7.09. The number of imide groups is 2. The van der Waals surface area contributed by atoms with Gasteiger partial charge in [0.2, 0.25) is 5.91 Å². The Morgan fingerprint density at radius 2 is 1.81 bits per heavy atom. The van der Waals surface area contributed by atoms with Crippen LogP contribution in [0.1, 0.15) is 10.4 Å². The molecule has 5 amide bonds.